The van der Waals surface area contributed by atoms with Crippen molar-refractivity contribution in [2.24, 2.45) is 5.92 Å². The third-order valence-electron chi connectivity index (χ3n) is 3.48. The second-order valence-corrected chi connectivity index (χ2v) is 5.96. The van der Waals surface area contributed by atoms with Gasteiger partial charge >= 0.3 is 0 Å². The van der Waals surface area contributed by atoms with E-state index in [1.54, 1.807) is 0 Å². The summed E-state index contributed by atoms with van der Waals surface area (Å²) in [6, 6.07) is 6.44. The molecule has 1 N–H and O–H groups in total. The van der Waals surface area contributed by atoms with Gasteiger partial charge in [0.1, 0.15) is 0 Å². The van der Waals surface area contributed by atoms with Gasteiger partial charge < -0.3 is 10.0 Å². The molecule has 1 rings (SSSR count). The van der Waals surface area contributed by atoms with Gasteiger partial charge in [-0.2, -0.15) is 0 Å². The summed E-state index contributed by atoms with van der Waals surface area (Å²) < 4.78 is 1.15. The van der Waals surface area contributed by atoms with Crippen LogP contribution in [0.25, 0.3) is 0 Å². The van der Waals surface area contributed by atoms with Crippen molar-refractivity contribution in [2.45, 2.75) is 26.7 Å². The van der Waals surface area contributed by atoms with Crippen molar-refractivity contribution >= 4 is 15.9 Å². The summed E-state index contributed by atoms with van der Waals surface area (Å²) >= 11 is 3.52. The van der Waals surface area contributed by atoms with Crippen LogP contribution in [0.2, 0.25) is 0 Å². The summed E-state index contributed by atoms with van der Waals surface area (Å²) in [4.78, 5) is 2.31. The van der Waals surface area contributed by atoms with Crippen LogP contribution in [0, 0.1) is 12.8 Å². The average molecular weight is 314 g/mol. The molecule has 3 heteroatoms. The van der Waals surface area contributed by atoms with Crippen LogP contribution < -0.4 is 0 Å². The fourth-order valence-corrected chi connectivity index (χ4v) is 2.48. The number of aliphatic hydroxyl groups is 1. The Labute approximate surface area is 119 Å². The van der Waals surface area contributed by atoms with Gasteiger partial charge in [-0.05, 0) is 56.0 Å². The standard InChI is InChI=1S/C15H24BrNO/c1-4-13(11-18)10-17(3)8-7-14-9-15(16)6-5-12(14)2/h5-6,9,13,18H,4,7-8,10-11H2,1-3H3. The van der Waals surface area contributed by atoms with E-state index in [1.165, 1.54) is 11.1 Å². The molecule has 0 saturated heterocycles. The second kappa shape index (κ2) is 7.93. The minimum atomic E-state index is 0.288. The van der Waals surface area contributed by atoms with E-state index in [0.29, 0.717) is 5.92 Å². The Bertz CT molecular complexity index is 364. The van der Waals surface area contributed by atoms with Crippen molar-refractivity contribution in [3.8, 4) is 0 Å². The van der Waals surface area contributed by atoms with Crippen molar-refractivity contribution < 1.29 is 5.11 Å². The number of hydrogen-bond donors (Lipinski definition) is 1. The molecular formula is C15H24BrNO. The van der Waals surface area contributed by atoms with Gasteiger partial charge in [-0.3, -0.25) is 0 Å². The lowest BCUT2D eigenvalue weighted by Gasteiger charge is -2.22. The first-order valence-corrected chi connectivity index (χ1v) is 7.40. The average Bonchev–Trinajstić information content (AvgIpc) is 2.37. The summed E-state index contributed by atoms with van der Waals surface area (Å²) in [5.41, 5.74) is 2.74. The molecule has 18 heavy (non-hydrogen) atoms. The van der Waals surface area contributed by atoms with Crippen LogP contribution in [-0.2, 0) is 6.42 Å². The number of likely N-dealkylation sites (N-methyl/N-ethyl adjacent to an activating group) is 1. The smallest absolute Gasteiger partial charge is 0.0471 e. The van der Waals surface area contributed by atoms with E-state index < -0.39 is 0 Å². The third kappa shape index (κ3) is 5.09. The van der Waals surface area contributed by atoms with E-state index in [-0.39, 0.29) is 6.61 Å². The molecule has 2 nitrogen and oxygen atoms in total. The Balaban J connectivity index is 2.46. The van der Waals surface area contributed by atoms with Crippen LogP contribution in [0.5, 0.6) is 0 Å². The lowest BCUT2D eigenvalue weighted by molar-refractivity contribution is 0.177. The van der Waals surface area contributed by atoms with Crippen LogP contribution in [0.3, 0.4) is 0 Å². The first-order chi connectivity index (χ1) is 8.56. The molecule has 1 aromatic rings. The third-order valence-corrected chi connectivity index (χ3v) is 3.97. The number of aryl methyl sites for hydroxylation is 1. The summed E-state index contributed by atoms with van der Waals surface area (Å²) in [5, 5.41) is 9.21. The molecule has 0 aromatic heterocycles. The molecule has 0 saturated carbocycles. The van der Waals surface area contributed by atoms with Crippen LogP contribution in [-0.4, -0.2) is 36.8 Å². The van der Waals surface area contributed by atoms with Crippen LogP contribution in [0.15, 0.2) is 22.7 Å². The lowest BCUT2D eigenvalue weighted by Crippen LogP contribution is -2.29. The van der Waals surface area contributed by atoms with Crippen molar-refractivity contribution in [1.29, 1.82) is 0 Å². The number of halogens is 1. The first-order valence-electron chi connectivity index (χ1n) is 6.61. The van der Waals surface area contributed by atoms with E-state index >= 15 is 0 Å². The summed E-state index contributed by atoms with van der Waals surface area (Å²) in [7, 11) is 2.13. The minimum Gasteiger partial charge on any atom is -0.396 e. The zero-order valence-electron chi connectivity index (χ0n) is 11.6. The van der Waals surface area contributed by atoms with Crippen molar-refractivity contribution in [1.82, 2.24) is 4.90 Å². The molecule has 1 aromatic carbocycles. The Morgan fingerprint density at radius 3 is 2.72 bits per heavy atom. The van der Waals surface area contributed by atoms with E-state index in [1.807, 2.05) is 0 Å². The van der Waals surface area contributed by atoms with E-state index in [4.69, 9.17) is 0 Å². The lowest BCUT2D eigenvalue weighted by atomic mass is 10.0. The van der Waals surface area contributed by atoms with Crippen LogP contribution in [0.1, 0.15) is 24.5 Å². The van der Waals surface area contributed by atoms with Gasteiger partial charge in [0.25, 0.3) is 0 Å². The van der Waals surface area contributed by atoms with Crippen LogP contribution >= 0.6 is 15.9 Å². The predicted octanol–water partition coefficient (Wildman–Crippen LogP) is 3.25. The maximum atomic E-state index is 9.21. The highest BCUT2D eigenvalue weighted by Gasteiger charge is 2.09. The maximum absolute atomic E-state index is 9.21. The zero-order chi connectivity index (χ0) is 13.5. The Morgan fingerprint density at radius 1 is 1.39 bits per heavy atom. The SMILES string of the molecule is CCC(CO)CN(C)CCc1cc(Br)ccc1C. The second-order valence-electron chi connectivity index (χ2n) is 5.04. The van der Waals surface area contributed by atoms with E-state index in [0.717, 1.165) is 30.4 Å². The summed E-state index contributed by atoms with van der Waals surface area (Å²) in [6.45, 7) is 6.59. The van der Waals surface area contributed by atoms with Gasteiger partial charge in [0.2, 0.25) is 0 Å². The summed E-state index contributed by atoms with van der Waals surface area (Å²) in [5.74, 6) is 0.401. The molecule has 0 aliphatic rings. The fraction of sp³-hybridized carbons (Fsp3) is 0.600. The van der Waals surface area contributed by atoms with Crippen molar-refractivity contribution in [2.75, 3.05) is 26.7 Å². The van der Waals surface area contributed by atoms with Crippen molar-refractivity contribution in [3.05, 3.63) is 33.8 Å². The number of hydrogen-bond acceptors (Lipinski definition) is 2. The van der Waals surface area contributed by atoms with Gasteiger partial charge in [-0.1, -0.05) is 28.9 Å². The molecule has 1 atom stereocenters. The van der Waals surface area contributed by atoms with Gasteiger partial charge in [-0.15, -0.1) is 0 Å². The normalized spacial score (nSPS) is 13.0. The summed E-state index contributed by atoms with van der Waals surface area (Å²) in [6.07, 6.45) is 2.10. The fourth-order valence-electron chi connectivity index (χ4n) is 2.07. The topological polar surface area (TPSA) is 23.5 Å². The van der Waals surface area contributed by atoms with E-state index in [9.17, 15) is 5.11 Å². The Kier molecular flexibility index (Phi) is 6.90. The molecule has 0 bridgehead atoms. The molecule has 0 aliphatic carbocycles. The number of rotatable bonds is 7. The number of benzene rings is 1. The quantitative estimate of drug-likeness (QED) is 0.835. The number of aliphatic hydroxyl groups excluding tert-OH is 1. The first kappa shape index (κ1) is 15.7. The molecule has 102 valence electrons. The molecule has 0 spiro atoms. The molecule has 0 radical (unpaired) electrons. The monoisotopic (exact) mass is 313 g/mol. The van der Waals surface area contributed by atoms with Gasteiger partial charge in [-0.25, -0.2) is 0 Å². The zero-order valence-corrected chi connectivity index (χ0v) is 13.2. The van der Waals surface area contributed by atoms with Crippen molar-refractivity contribution in [3.63, 3.8) is 0 Å². The van der Waals surface area contributed by atoms with E-state index in [2.05, 4.69) is 59.9 Å². The highest BCUT2D eigenvalue weighted by molar-refractivity contribution is 9.10. The van der Waals surface area contributed by atoms with Gasteiger partial charge in [0.05, 0.1) is 0 Å². The molecule has 0 aliphatic heterocycles. The number of nitrogens with zero attached hydrogens (tertiary/aromatic N) is 1. The highest BCUT2D eigenvalue weighted by Crippen LogP contribution is 2.17. The molecule has 0 amide bonds. The highest BCUT2D eigenvalue weighted by atomic mass is 79.9. The maximum Gasteiger partial charge on any atom is 0.0471 e. The Morgan fingerprint density at radius 2 is 2.11 bits per heavy atom. The molecule has 0 heterocycles. The molecule has 1 unspecified atom stereocenters. The molecular weight excluding hydrogens is 290 g/mol. The minimum absolute atomic E-state index is 0.288. The Hall–Kier alpha value is -0.380. The van der Waals surface area contributed by atoms with Crippen LogP contribution in [0.4, 0.5) is 0 Å². The predicted molar refractivity (Wildman–Crippen MR) is 80.9 cm³/mol. The largest absolute Gasteiger partial charge is 0.396 e. The molecule has 0 fully saturated rings. The van der Waals surface area contributed by atoms with Gasteiger partial charge in [0.15, 0.2) is 0 Å². The van der Waals surface area contributed by atoms with Gasteiger partial charge in [0, 0.05) is 24.2 Å².